The highest BCUT2D eigenvalue weighted by molar-refractivity contribution is 6.31. The number of aryl methyl sites for hydroxylation is 2. The predicted octanol–water partition coefficient (Wildman–Crippen LogP) is 3.81. The van der Waals surface area contributed by atoms with Gasteiger partial charge in [-0.3, -0.25) is 9.48 Å². The summed E-state index contributed by atoms with van der Waals surface area (Å²) in [5.41, 5.74) is 2.67. The van der Waals surface area contributed by atoms with Gasteiger partial charge in [0.05, 0.1) is 23.0 Å². The average molecular weight is 308 g/mol. The Labute approximate surface area is 130 Å². The first-order valence-corrected chi connectivity index (χ1v) is 7.79. The summed E-state index contributed by atoms with van der Waals surface area (Å²) in [4.78, 5) is 12.0. The number of ketones is 1. The first-order chi connectivity index (χ1) is 9.97. The average Bonchev–Trinajstić information content (AvgIpc) is 3.04. The Kier molecular flexibility index (Phi) is 4.88. The molecule has 2 rings (SSSR count). The molecule has 0 aliphatic heterocycles. The Morgan fingerprint density at radius 1 is 1.38 bits per heavy atom. The van der Waals surface area contributed by atoms with Crippen molar-refractivity contribution in [2.45, 2.75) is 47.2 Å². The summed E-state index contributed by atoms with van der Waals surface area (Å²) < 4.78 is 3.93. The van der Waals surface area contributed by atoms with Crippen LogP contribution >= 0.6 is 11.6 Å². The number of Topliss-reactive ketones (excluding diaryl/α,β-unsaturated/α-hetero) is 1. The van der Waals surface area contributed by atoms with Crippen LogP contribution in [0.3, 0.4) is 0 Å². The molecule has 0 amide bonds. The Hall–Kier alpha value is -1.55. The normalized spacial score (nSPS) is 11.3. The van der Waals surface area contributed by atoms with Gasteiger partial charge < -0.3 is 4.57 Å². The molecule has 2 aromatic rings. The molecule has 114 valence electrons. The number of nitrogens with zero attached hydrogens (tertiary/aromatic N) is 3. The Balaban J connectivity index is 2.27. The fourth-order valence-electron chi connectivity index (χ4n) is 2.36. The lowest BCUT2D eigenvalue weighted by atomic mass is 10.0. The van der Waals surface area contributed by atoms with Crippen molar-refractivity contribution in [1.29, 1.82) is 0 Å². The van der Waals surface area contributed by atoms with E-state index in [4.69, 9.17) is 11.6 Å². The summed E-state index contributed by atoms with van der Waals surface area (Å²) >= 11 is 6.41. The molecule has 0 unspecified atom stereocenters. The SMILES string of the molecule is CCc1nn(CC)c(Cn2ccc(C(=O)C(C)C)c2)c1Cl. The van der Waals surface area contributed by atoms with Crippen LogP contribution in [0.5, 0.6) is 0 Å². The maximum Gasteiger partial charge on any atom is 0.166 e. The molecule has 0 aromatic carbocycles. The van der Waals surface area contributed by atoms with Crippen LogP contribution in [0, 0.1) is 5.92 Å². The lowest BCUT2D eigenvalue weighted by Gasteiger charge is -2.06. The lowest BCUT2D eigenvalue weighted by Crippen LogP contribution is -2.08. The van der Waals surface area contributed by atoms with E-state index in [1.165, 1.54) is 0 Å². The van der Waals surface area contributed by atoms with E-state index in [2.05, 4.69) is 12.0 Å². The quantitative estimate of drug-likeness (QED) is 0.761. The highest BCUT2D eigenvalue weighted by Gasteiger charge is 2.16. The van der Waals surface area contributed by atoms with Gasteiger partial charge in [0.15, 0.2) is 5.78 Å². The molecule has 2 aromatic heterocycles. The minimum Gasteiger partial charge on any atom is -0.348 e. The van der Waals surface area contributed by atoms with Gasteiger partial charge in [0.2, 0.25) is 0 Å². The zero-order valence-electron chi connectivity index (χ0n) is 13.1. The van der Waals surface area contributed by atoms with Crippen LogP contribution in [0.1, 0.15) is 49.4 Å². The third-order valence-electron chi connectivity index (χ3n) is 3.59. The maximum atomic E-state index is 12.0. The third-order valence-corrected chi connectivity index (χ3v) is 4.02. The van der Waals surface area contributed by atoms with Crippen LogP contribution in [0.15, 0.2) is 18.5 Å². The summed E-state index contributed by atoms with van der Waals surface area (Å²) in [5, 5.41) is 5.26. The van der Waals surface area contributed by atoms with E-state index in [1.807, 2.05) is 48.5 Å². The van der Waals surface area contributed by atoms with E-state index < -0.39 is 0 Å². The van der Waals surface area contributed by atoms with Gasteiger partial charge in [0.25, 0.3) is 0 Å². The molecule has 0 spiro atoms. The van der Waals surface area contributed by atoms with E-state index in [0.29, 0.717) is 6.54 Å². The number of aromatic nitrogens is 3. The number of carbonyl (C=O) groups excluding carboxylic acids is 1. The molecular weight excluding hydrogens is 286 g/mol. The van der Waals surface area contributed by atoms with Gasteiger partial charge in [-0.15, -0.1) is 0 Å². The fraction of sp³-hybridized carbons (Fsp3) is 0.500. The Bertz CT molecular complexity index is 640. The summed E-state index contributed by atoms with van der Waals surface area (Å²) in [6, 6.07) is 1.86. The van der Waals surface area contributed by atoms with Crippen LogP contribution in [0.2, 0.25) is 5.02 Å². The number of hydrogen-bond acceptors (Lipinski definition) is 2. The van der Waals surface area contributed by atoms with Crippen molar-refractivity contribution in [2.24, 2.45) is 5.92 Å². The van der Waals surface area contributed by atoms with Crippen LogP contribution in [0.4, 0.5) is 0 Å². The van der Waals surface area contributed by atoms with Gasteiger partial charge in [-0.25, -0.2) is 0 Å². The zero-order valence-corrected chi connectivity index (χ0v) is 13.8. The summed E-state index contributed by atoms with van der Waals surface area (Å²) in [5.74, 6) is 0.176. The minimum atomic E-state index is 0.0114. The third kappa shape index (κ3) is 3.21. The van der Waals surface area contributed by atoms with Crippen molar-refractivity contribution in [3.05, 3.63) is 40.4 Å². The first kappa shape index (κ1) is 15.8. The van der Waals surface area contributed by atoms with E-state index in [9.17, 15) is 4.79 Å². The molecule has 0 aliphatic rings. The molecule has 0 saturated carbocycles. The zero-order chi connectivity index (χ0) is 15.6. The number of halogens is 1. The first-order valence-electron chi connectivity index (χ1n) is 7.41. The predicted molar refractivity (Wildman–Crippen MR) is 85.0 cm³/mol. The highest BCUT2D eigenvalue weighted by Crippen LogP contribution is 2.23. The number of carbonyl (C=O) groups is 1. The number of hydrogen-bond donors (Lipinski definition) is 0. The Morgan fingerprint density at radius 3 is 2.67 bits per heavy atom. The Morgan fingerprint density at radius 2 is 2.10 bits per heavy atom. The molecule has 2 heterocycles. The summed E-state index contributed by atoms with van der Waals surface area (Å²) in [6.07, 6.45) is 4.63. The van der Waals surface area contributed by atoms with Gasteiger partial charge in [0.1, 0.15) is 0 Å². The maximum absolute atomic E-state index is 12.0. The molecule has 0 atom stereocenters. The van der Waals surface area contributed by atoms with Crippen molar-refractivity contribution in [1.82, 2.24) is 14.3 Å². The van der Waals surface area contributed by atoms with Gasteiger partial charge in [-0.2, -0.15) is 5.10 Å². The lowest BCUT2D eigenvalue weighted by molar-refractivity contribution is 0.0939. The van der Waals surface area contributed by atoms with Crippen LogP contribution in [-0.2, 0) is 19.5 Å². The second kappa shape index (κ2) is 6.48. The fourth-order valence-corrected chi connectivity index (χ4v) is 2.69. The van der Waals surface area contributed by atoms with Gasteiger partial charge in [0, 0.05) is 30.4 Å². The molecule has 4 nitrogen and oxygen atoms in total. The number of rotatable bonds is 6. The molecule has 0 aliphatic carbocycles. The van der Waals surface area contributed by atoms with Crippen molar-refractivity contribution in [3.8, 4) is 0 Å². The largest absolute Gasteiger partial charge is 0.348 e. The van der Waals surface area contributed by atoms with E-state index in [1.54, 1.807) is 0 Å². The standard InChI is InChI=1S/C16H22ClN3O/c1-5-13-15(17)14(20(6-2)18-13)10-19-8-7-12(9-19)16(21)11(3)4/h7-9,11H,5-6,10H2,1-4H3. The van der Waals surface area contributed by atoms with Gasteiger partial charge in [-0.1, -0.05) is 32.4 Å². The molecule has 0 N–H and O–H groups in total. The van der Waals surface area contributed by atoms with Crippen molar-refractivity contribution >= 4 is 17.4 Å². The van der Waals surface area contributed by atoms with Crippen molar-refractivity contribution in [2.75, 3.05) is 0 Å². The molecule has 21 heavy (non-hydrogen) atoms. The minimum absolute atomic E-state index is 0.0114. The monoisotopic (exact) mass is 307 g/mol. The van der Waals surface area contributed by atoms with Crippen LogP contribution in [-0.4, -0.2) is 20.1 Å². The second-order valence-electron chi connectivity index (χ2n) is 5.47. The van der Waals surface area contributed by atoms with E-state index in [0.717, 1.165) is 34.9 Å². The van der Waals surface area contributed by atoms with E-state index in [-0.39, 0.29) is 11.7 Å². The smallest absolute Gasteiger partial charge is 0.166 e. The van der Waals surface area contributed by atoms with E-state index >= 15 is 0 Å². The molecule has 0 saturated heterocycles. The van der Waals surface area contributed by atoms with Crippen LogP contribution in [0.25, 0.3) is 0 Å². The van der Waals surface area contributed by atoms with Gasteiger partial charge >= 0.3 is 0 Å². The molecular formula is C16H22ClN3O. The highest BCUT2D eigenvalue weighted by atomic mass is 35.5. The van der Waals surface area contributed by atoms with Crippen molar-refractivity contribution in [3.63, 3.8) is 0 Å². The molecule has 0 fully saturated rings. The van der Waals surface area contributed by atoms with Crippen molar-refractivity contribution < 1.29 is 4.79 Å². The topological polar surface area (TPSA) is 39.8 Å². The van der Waals surface area contributed by atoms with Gasteiger partial charge in [-0.05, 0) is 19.4 Å². The summed E-state index contributed by atoms with van der Waals surface area (Å²) in [6.45, 7) is 9.34. The molecule has 0 bridgehead atoms. The molecule has 5 heteroatoms. The summed E-state index contributed by atoms with van der Waals surface area (Å²) in [7, 11) is 0. The molecule has 0 radical (unpaired) electrons. The van der Waals surface area contributed by atoms with Crippen LogP contribution < -0.4 is 0 Å². The second-order valence-corrected chi connectivity index (χ2v) is 5.85.